The fraction of sp³-hybridized carbons (Fsp3) is 0.438. The molecule has 1 fully saturated rings. The highest BCUT2D eigenvalue weighted by molar-refractivity contribution is 6.30. The van der Waals surface area contributed by atoms with Crippen molar-refractivity contribution in [2.45, 2.75) is 83.5 Å². The van der Waals surface area contributed by atoms with E-state index in [0.717, 1.165) is 24.0 Å². The van der Waals surface area contributed by atoms with E-state index < -0.39 is 11.6 Å². The van der Waals surface area contributed by atoms with E-state index in [4.69, 9.17) is 11.6 Å². The van der Waals surface area contributed by atoms with Gasteiger partial charge in [0.2, 0.25) is 0 Å². The van der Waals surface area contributed by atoms with Crippen molar-refractivity contribution in [2.24, 2.45) is 5.92 Å². The van der Waals surface area contributed by atoms with Crippen molar-refractivity contribution in [3.63, 3.8) is 0 Å². The van der Waals surface area contributed by atoms with Crippen LogP contribution in [0.3, 0.4) is 0 Å². The number of aryl methyl sites for hydroxylation is 3. The number of halogens is 3. The lowest BCUT2D eigenvalue weighted by Gasteiger charge is -2.29. The highest BCUT2D eigenvalue weighted by Crippen LogP contribution is 2.37. The summed E-state index contributed by atoms with van der Waals surface area (Å²) in [4.78, 5) is 0. The third kappa shape index (κ3) is 7.40. The highest BCUT2D eigenvalue weighted by Gasteiger charge is 2.22. The summed E-state index contributed by atoms with van der Waals surface area (Å²) in [6, 6.07) is 19.8. The molecule has 1 aliphatic rings. The van der Waals surface area contributed by atoms with Gasteiger partial charge in [-0.05, 0) is 123 Å². The predicted octanol–water partition coefficient (Wildman–Crippen LogP) is 9.65. The Bertz CT molecular complexity index is 1040. The molecule has 0 heterocycles. The zero-order valence-corrected chi connectivity index (χ0v) is 21.6. The van der Waals surface area contributed by atoms with Crippen molar-refractivity contribution >= 4 is 11.6 Å². The Hall–Kier alpha value is -2.19. The lowest BCUT2D eigenvalue weighted by molar-refractivity contribution is 0.310. The first kappa shape index (κ1) is 25.9. The average molecular weight is 495 g/mol. The molecule has 0 bridgehead atoms. The van der Waals surface area contributed by atoms with Crippen LogP contribution in [0.2, 0.25) is 5.02 Å². The zero-order chi connectivity index (χ0) is 24.6. The van der Waals surface area contributed by atoms with Crippen molar-refractivity contribution in [1.29, 1.82) is 0 Å². The molecule has 3 aromatic carbocycles. The van der Waals surface area contributed by atoms with Crippen LogP contribution in [0.25, 0.3) is 0 Å². The molecular weight excluding hydrogens is 458 g/mol. The normalized spacial score (nSPS) is 18.1. The van der Waals surface area contributed by atoms with Crippen LogP contribution in [0.15, 0.2) is 60.7 Å². The molecular formula is C32H37ClF2. The molecule has 0 N–H and O–H groups in total. The van der Waals surface area contributed by atoms with E-state index in [1.165, 1.54) is 56.1 Å². The minimum Gasteiger partial charge on any atom is -0.207 e. The van der Waals surface area contributed by atoms with Gasteiger partial charge in [0, 0.05) is 10.6 Å². The van der Waals surface area contributed by atoms with Gasteiger partial charge in [-0.3, -0.25) is 0 Å². The summed E-state index contributed by atoms with van der Waals surface area (Å²) >= 11 is 5.92. The van der Waals surface area contributed by atoms with E-state index in [0.29, 0.717) is 29.7 Å². The molecule has 4 rings (SSSR count). The molecule has 0 amide bonds. The lowest BCUT2D eigenvalue weighted by Crippen LogP contribution is -2.14. The van der Waals surface area contributed by atoms with Crippen LogP contribution in [0.1, 0.15) is 85.6 Å². The second kappa shape index (κ2) is 12.7. The zero-order valence-electron chi connectivity index (χ0n) is 20.8. The van der Waals surface area contributed by atoms with Crippen LogP contribution in [0.5, 0.6) is 0 Å². The van der Waals surface area contributed by atoms with Crippen molar-refractivity contribution in [3.05, 3.63) is 105 Å². The molecule has 35 heavy (non-hydrogen) atoms. The Morgan fingerprint density at radius 3 is 1.94 bits per heavy atom. The summed E-state index contributed by atoms with van der Waals surface area (Å²) in [5, 5.41) is 0.667. The van der Waals surface area contributed by atoms with Crippen molar-refractivity contribution in [2.75, 3.05) is 0 Å². The van der Waals surface area contributed by atoms with Crippen LogP contribution >= 0.6 is 11.6 Å². The summed E-state index contributed by atoms with van der Waals surface area (Å²) in [5.41, 5.74) is 4.91. The average Bonchev–Trinajstić information content (AvgIpc) is 2.87. The Balaban J connectivity index is 1.25. The first-order valence-electron chi connectivity index (χ1n) is 13.3. The molecule has 0 aromatic heterocycles. The first-order valence-corrected chi connectivity index (χ1v) is 13.7. The second-order valence-electron chi connectivity index (χ2n) is 10.3. The van der Waals surface area contributed by atoms with Gasteiger partial charge in [-0.1, -0.05) is 61.3 Å². The predicted molar refractivity (Wildman–Crippen MR) is 143 cm³/mol. The second-order valence-corrected chi connectivity index (χ2v) is 10.7. The largest absolute Gasteiger partial charge is 0.207 e. The van der Waals surface area contributed by atoms with Gasteiger partial charge in [-0.2, -0.15) is 0 Å². The minimum atomic E-state index is -0.417. The van der Waals surface area contributed by atoms with E-state index in [-0.39, 0.29) is 5.56 Å². The molecule has 0 nitrogen and oxygen atoms in total. The summed E-state index contributed by atoms with van der Waals surface area (Å²) in [6.45, 7) is 2.24. The molecule has 0 aliphatic heterocycles. The quantitative estimate of drug-likeness (QED) is 0.263. The van der Waals surface area contributed by atoms with Crippen LogP contribution in [-0.2, 0) is 25.7 Å². The Morgan fingerprint density at radius 2 is 1.31 bits per heavy atom. The van der Waals surface area contributed by atoms with Gasteiger partial charge in [0.25, 0.3) is 0 Å². The Morgan fingerprint density at radius 1 is 0.714 bits per heavy atom. The van der Waals surface area contributed by atoms with Crippen molar-refractivity contribution < 1.29 is 8.78 Å². The number of benzene rings is 3. The van der Waals surface area contributed by atoms with Gasteiger partial charge in [0.1, 0.15) is 11.6 Å². The van der Waals surface area contributed by atoms with Crippen molar-refractivity contribution in [3.8, 4) is 0 Å². The van der Waals surface area contributed by atoms with Gasteiger partial charge < -0.3 is 0 Å². The molecule has 3 aromatic rings. The maximum absolute atomic E-state index is 14.7. The third-order valence-corrected chi connectivity index (χ3v) is 7.99. The van der Waals surface area contributed by atoms with Crippen LogP contribution in [0, 0.1) is 17.6 Å². The summed E-state index contributed by atoms with van der Waals surface area (Å²) in [5.74, 6) is 0.465. The Labute approximate surface area is 214 Å². The van der Waals surface area contributed by atoms with Gasteiger partial charge in [-0.25, -0.2) is 8.78 Å². The van der Waals surface area contributed by atoms with Crippen LogP contribution < -0.4 is 0 Å². The third-order valence-electron chi connectivity index (χ3n) is 7.74. The number of unbranched alkanes of at least 4 members (excludes halogenated alkanes) is 1. The number of rotatable bonds is 10. The van der Waals surface area contributed by atoms with Gasteiger partial charge in [-0.15, -0.1) is 0 Å². The molecule has 0 saturated heterocycles. The van der Waals surface area contributed by atoms with E-state index >= 15 is 0 Å². The monoisotopic (exact) mass is 494 g/mol. The number of hydrogen-bond donors (Lipinski definition) is 0. The molecule has 1 saturated carbocycles. The molecule has 3 heteroatoms. The summed E-state index contributed by atoms with van der Waals surface area (Å²) < 4.78 is 29.4. The van der Waals surface area contributed by atoms with E-state index in [1.54, 1.807) is 12.1 Å². The molecule has 0 unspecified atom stereocenters. The molecule has 1 aliphatic carbocycles. The van der Waals surface area contributed by atoms with Crippen LogP contribution in [0.4, 0.5) is 8.78 Å². The van der Waals surface area contributed by atoms with E-state index in [1.807, 2.05) is 24.3 Å². The fourth-order valence-corrected chi connectivity index (χ4v) is 5.58. The summed E-state index contributed by atoms with van der Waals surface area (Å²) in [6.07, 6.45) is 11.2. The van der Waals surface area contributed by atoms with Gasteiger partial charge in [0.15, 0.2) is 0 Å². The molecule has 186 valence electrons. The SMILES string of the molecule is CCCCc1ccc(C2CCC(CCc3cc(F)c(CCc4ccc(Cl)cc4)c(F)c3)CC2)cc1. The highest BCUT2D eigenvalue weighted by atomic mass is 35.5. The smallest absolute Gasteiger partial charge is 0.129 e. The lowest BCUT2D eigenvalue weighted by atomic mass is 9.76. The topological polar surface area (TPSA) is 0 Å². The maximum atomic E-state index is 14.7. The molecule has 0 radical (unpaired) electrons. The molecule has 0 atom stereocenters. The first-order chi connectivity index (χ1) is 17.0. The van der Waals surface area contributed by atoms with Gasteiger partial charge >= 0.3 is 0 Å². The molecule has 0 spiro atoms. The Kier molecular flexibility index (Phi) is 9.38. The van der Waals surface area contributed by atoms with Gasteiger partial charge in [0.05, 0.1) is 0 Å². The van der Waals surface area contributed by atoms with E-state index in [9.17, 15) is 8.78 Å². The number of hydrogen-bond acceptors (Lipinski definition) is 0. The fourth-order valence-electron chi connectivity index (χ4n) is 5.45. The van der Waals surface area contributed by atoms with Crippen molar-refractivity contribution in [1.82, 2.24) is 0 Å². The maximum Gasteiger partial charge on any atom is 0.129 e. The van der Waals surface area contributed by atoms with E-state index in [2.05, 4.69) is 31.2 Å². The summed E-state index contributed by atoms with van der Waals surface area (Å²) in [7, 11) is 0. The standard InChI is InChI=1S/C32H37ClF2/c1-2-3-4-23-7-14-27(15-8-23)28-16-9-24(10-17-28)5-6-26-21-31(34)30(32(35)22-26)20-13-25-11-18-29(33)19-12-25/h7-8,11-12,14-15,18-19,21-22,24,28H,2-6,9-10,13,16-17,20H2,1H3. The minimum absolute atomic E-state index is 0.185. The van der Waals surface area contributed by atoms with Crippen LogP contribution in [-0.4, -0.2) is 0 Å².